The van der Waals surface area contributed by atoms with E-state index in [0.29, 0.717) is 11.0 Å². The van der Waals surface area contributed by atoms with Crippen molar-refractivity contribution in [1.29, 1.82) is 0 Å². The molecule has 0 saturated carbocycles. The van der Waals surface area contributed by atoms with Crippen LogP contribution >= 0.6 is 0 Å². The molecule has 0 aliphatic rings. The van der Waals surface area contributed by atoms with E-state index in [1.54, 1.807) is 42.5 Å². The molecule has 5 nitrogen and oxygen atoms in total. The highest BCUT2D eigenvalue weighted by Crippen LogP contribution is 2.27. The quantitative estimate of drug-likeness (QED) is 0.395. The lowest BCUT2D eigenvalue weighted by Gasteiger charge is -2.20. The van der Waals surface area contributed by atoms with Crippen LogP contribution in [0.4, 0.5) is 4.39 Å². The van der Waals surface area contributed by atoms with Crippen molar-refractivity contribution in [3.8, 4) is 11.4 Å². The second-order valence-corrected chi connectivity index (χ2v) is 7.28. The van der Waals surface area contributed by atoms with Gasteiger partial charge in [-0.25, -0.2) is 4.39 Å². The maximum atomic E-state index is 14.7. The maximum Gasteiger partial charge on any atom is 0.269 e. The molecule has 0 spiro atoms. The van der Waals surface area contributed by atoms with E-state index in [1.807, 2.05) is 37.3 Å². The van der Waals surface area contributed by atoms with Crippen molar-refractivity contribution in [2.45, 2.75) is 13.0 Å². The lowest BCUT2D eigenvalue weighted by atomic mass is 10.1. The topological polar surface area (TPSA) is 65.1 Å². The highest BCUT2D eigenvalue weighted by Gasteiger charge is 2.23. The van der Waals surface area contributed by atoms with Crippen molar-refractivity contribution in [2.24, 2.45) is 0 Å². The Morgan fingerprint density at radius 2 is 1.58 bits per heavy atom. The van der Waals surface area contributed by atoms with Crippen LogP contribution in [0.2, 0.25) is 0 Å². The van der Waals surface area contributed by atoms with Crippen LogP contribution in [-0.2, 0) is 0 Å². The fraction of sp³-hybridized carbons (Fsp3) is 0.0800. The zero-order valence-corrected chi connectivity index (χ0v) is 16.6. The lowest BCUT2D eigenvalue weighted by molar-refractivity contribution is 0.588. The van der Waals surface area contributed by atoms with Crippen molar-refractivity contribution >= 4 is 22.1 Å². The number of halogens is 1. The first-order valence-electron chi connectivity index (χ1n) is 9.84. The molecule has 2 heterocycles. The Morgan fingerprint density at radius 1 is 0.903 bits per heavy atom. The van der Waals surface area contributed by atoms with Crippen molar-refractivity contribution < 1.29 is 8.81 Å². The van der Waals surface area contributed by atoms with Crippen LogP contribution in [0.3, 0.4) is 0 Å². The standard InChI is InChI=1S/C25H17FN2O3/c1-15(16-9-3-2-4-10-16)28-23(17-11-5-7-13-19(17)26)27-24-21(25(28)30)22(29)18-12-6-8-14-20(18)31-24/h2-15H,1H3/t15-/m0/s1. The summed E-state index contributed by atoms with van der Waals surface area (Å²) in [5, 5.41) is 0.146. The van der Waals surface area contributed by atoms with Crippen LogP contribution in [-0.4, -0.2) is 9.55 Å². The van der Waals surface area contributed by atoms with Crippen LogP contribution in [0, 0.1) is 5.82 Å². The van der Waals surface area contributed by atoms with Crippen LogP contribution in [0.5, 0.6) is 0 Å². The van der Waals surface area contributed by atoms with Crippen LogP contribution < -0.4 is 11.0 Å². The summed E-state index contributed by atoms with van der Waals surface area (Å²) in [5.74, 6) is -0.420. The van der Waals surface area contributed by atoms with Gasteiger partial charge in [-0.1, -0.05) is 54.6 Å². The summed E-state index contributed by atoms with van der Waals surface area (Å²) in [6.07, 6.45) is 0. The number of hydrogen-bond donors (Lipinski definition) is 0. The highest BCUT2D eigenvalue weighted by atomic mass is 19.1. The van der Waals surface area contributed by atoms with Gasteiger partial charge in [-0.3, -0.25) is 14.2 Å². The molecule has 5 aromatic rings. The minimum Gasteiger partial charge on any atom is -0.437 e. The summed E-state index contributed by atoms with van der Waals surface area (Å²) in [6.45, 7) is 1.82. The number of aromatic nitrogens is 2. The smallest absolute Gasteiger partial charge is 0.269 e. The first-order valence-corrected chi connectivity index (χ1v) is 9.84. The van der Waals surface area contributed by atoms with E-state index in [-0.39, 0.29) is 22.5 Å². The van der Waals surface area contributed by atoms with Crippen LogP contribution in [0.15, 0.2) is 92.9 Å². The second kappa shape index (κ2) is 7.32. The van der Waals surface area contributed by atoms with Gasteiger partial charge in [0.05, 0.1) is 17.0 Å². The summed E-state index contributed by atoms with van der Waals surface area (Å²) in [4.78, 5) is 31.3. The molecule has 0 aliphatic heterocycles. The minimum absolute atomic E-state index is 0.102. The van der Waals surface area contributed by atoms with Gasteiger partial charge in [-0.15, -0.1) is 0 Å². The minimum atomic E-state index is -0.570. The first kappa shape index (κ1) is 18.9. The third kappa shape index (κ3) is 3.04. The third-order valence-corrected chi connectivity index (χ3v) is 5.43. The molecule has 152 valence electrons. The molecular weight excluding hydrogens is 395 g/mol. The van der Waals surface area contributed by atoms with E-state index >= 15 is 0 Å². The van der Waals surface area contributed by atoms with E-state index in [0.717, 1.165) is 5.56 Å². The fourth-order valence-electron chi connectivity index (χ4n) is 3.84. The average molecular weight is 412 g/mol. The van der Waals surface area contributed by atoms with E-state index in [9.17, 15) is 14.0 Å². The molecule has 0 amide bonds. The molecule has 0 unspecified atom stereocenters. The van der Waals surface area contributed by atoms with Crippen molar-refractivity contribution in [3.05, 3.63) is 111 Å². The van der Waals surface area contributed by atoms with Gasteiger partial charge in [0.25, 0.3) is 5.56 Å². The number of rotatable bonds is 3. The number of para-hydroxylation sites is 1. The Kier molecular flexibility index (Phi) is 4.47. The molecule has 6 heteroatoms. The van der Waals surface area contributed by atoms with Crippen LogP contribution in [0.25, 0.3) is 33.5 Å². The van der Waals surface area contributed by atoms with Gasteiger partial charge >= 0.3 is 0 Å². The lowest BCUT2D eigenvalue weighted by Crippen LogP contribution is -2.30. The Labute approximate surface area is 176 Å². The SMILES string of the molecule is C[C@@H](c1ccccc1)n1c(-c2ccccc2F)nc2oc3ccccc3c(=O)c2c1=O. The van der Waals surface area contributed by atoms with E-state index in [4.69, 9.17) is 4.42 Å². The Balaban J connectivity index is 1.94. The molecule has 1 atom stereocenters. The molecule has 0 aliphatic carbocycles. The van der Waals surface area contributed by atoms with Crippen LogP contribution in [0.1, 0.15) is 18.5 Å². The Bertz CT molecular complexity index is 1560. The van der Waals surface area contributed by atoms with Gasteiger partial charge < -0.3 is 4.42 Å². The van der Waals surface area contributed by atoms with E-state index in [2.05, 4.69) is 4.98 Å². The Hall–Kier alpha value is -4.06. The summed E-state index contributed by atoms with van der Waals surface area (Å²) in [6, 6.07) is 21.6. The summed E-state index contributed by atoms with van der Waals surface area (Å²) in [7, 11) is 0. The molecular formula is C25H17FN2O3. The molecule has 0 bridgehead atoms. The highest BCUT2D eigenvalue weighted by molar-refractivity contribution is 5.88. The monoisotopic (exact) mass is 412 g/mol. The second-order valence-electron chi connectivity index (χ2n) is 7.28. The molecule has 0 saturated heterocycles. The third-order valence-electron chi connectivity index (χ3n) is 5.43. The van der Waals surface area contributed by atoms with Gasteiger partial charge in [0, 0.05) is 0 Å². The molecule has 2 aromatic heterocycles. The van der Waals surface area contributed by atoms with E-state index in [1.165, 1.54) is 10.6 Å². The number of benzene rings is 3. The largest absolute Gasteiger partial charge is 0.437 e. The normalized spacial score (nSPS) is 12.3. The zero-order valence-electron chi connectivity index (χ0n) is 16.6. The Morgan fingerprint density at radius 3 is 2.35 bits per heavy atom. The maximum absolute atomic E-state index is 14.7. The summed E-state index contributed by atoms with van der Waals surface area (Å²) in [5.41, 5.74) is 0.167. The molecule has 0 N–H and O–H groups in total. The number of hydrogen-bond acceptors (Lipinski definition) is 4. The molecule has 0 fully saturated rings. The van der Waals surface area contributed by atoms with Gasteiger partial charge in [0.15, 0.2) is 5.39 Å². The van der Waals surface area contributed by atoms with Gasteiger partial charge in [-0.2, -0.15) is 4.98 Å². The molecule has 3 aromatic carbocycles. The predicted octanol–water partition coefficient (Wildman–Crippen LogP) is 4.92. The molecule has 5 rings (SSSR count). The molecule has 0 radical (unpaired) electrons. The van der Waals surface area contributed by atoms with E-state index < -0.39 is 22.8 Å². The van der Waals surface area contributed by atoms with Crippen molar-refractivity contribution in [1.82, 2.24) is 9.55 Å². The first-order chi connectivity index (χ1) is 15.1. The summed E-state index contributed by atoms with van der Waals surface area (Å²) < 4.78 is 21.9. The number of nitrogens with zero attached hydrogens (tertiary/aromatic N) is 2. The van der Waals surface area contributed by atoms with Gasteiger partial charge in [-0.05, 0) is 36.8 Å². The molecule has 31 heavy (non-hydrogen) atoms. The zero-order chi connectivity index (χ0) is 21.5. The van der Waals surface area contributed by atoms with Gasteiger partial charge in [0.2, 0.25) is 11.1 Å². The number of fused-ring (bicyclic) bond motifs is 2. The van der Waals surface area contributed by atoms with Crippen molar-refractivity contribution in [2.75, 3.05) is 0 Å². The van der Waals surface area contributed by atoms with Crippen molar-refractivity contribution in [3.63, 3.8) is 0 Å². The predicted molar refractivity (Wildman–Crippen MR) is 118 cm³/mol. The fourth-order valence-corrected chi connectivity index (χ4v) is 3.84. The van der Waals surface area contributed by atoms with Gasteiger partial charge in [0.1, 0.15) is 17.2 Å². The summed E-state index contributed by atoms with van der Waals surface area (Å²) >= 11 is 0. The average Bonchev–Trinajstić information content (AvgIpc) is 2.79.